The van der Waals surface area contributed by atoms with Gasteiger partial charge in [0, 0.05) is 32.2 Å². The lowest BCUT2D eigenvalue weighted by Crippen LogP contribution is -2.38. The number of nitrogens with one attached hydrogen (secondary N) is 1. The molecule has 1 fully saturated rings. The van der Waals surface area contributed by atoms with Crippen molar-refractivity contribution in [2.24, 2.45) is 0 Å². The van der Waals surface area contributed by atoms with Crippen LogP contribution in [-0.2, 0) is 11.3 Å². The van der Waals surface area contributed by atoms with Crippen LogP contribution in [-0.4, -0.2) is 43.7 Å². The second-order valence-corrected chi connectivity index (χ2v) is 5.73. The summed E-state index contributed by atoms with van der Waals surface area (Å²) in [6.45, 7) is 2.56. The zero-order valence-electron chi connectivity index (χ0n) is 14.0. The van der Waals surface area contributed by atoms with Crippen LogP contribution in [0.15, 0.2) is 36.4 Å². The molecule has 1 aromatic heterocycles. The van der Waals surface area contributed by atoms with Gasteiger partial charge in [0.25, 0.3) is 0 Å². The number of halogens is 1. The Kier molecular flexibility index (Phi) is 5.27. The third kappa shape index (κ3) is 3.66. The van der Waals surface area contributed by atoms with E-state index in [1.807, 2.05) is 31.3 Å². The van der Waals surface area contributed by atoms with Crippen molar-refractivity contribution >= 4 is 5.82 Å². The van der Waals surface area contributed by atoms with Gasteiger partial charge in [-0.25, -0.2) is 9.37 Å². The molecule has 24 heavy (non-hydrogen) atoms. The molecule has 1 unspecified atom stereocenters. The summed E-state index contributed by atoms with van der Waals surface area (Å²) in [7, 11) is 3.32. The van der Waals surface area contributed by atoms with Gasteiger partial charge < -0.3 is 14.8 Å². The van der Waals surface area contributed by atoms with Crippen LogP contribution in [0.1, 0.15) is 17.4 Å². The standard InChI is InChI=1S/C18H22FN3O2/c1-20-17-8-4-6-14(21-17)16-12-22(9-10-24-16)11-13-5-3-7-15(23-2)18(13)19/h3-8,16H,9-12H2,1-2H3,(H,20,21). The first-order valence-corrected chi connectivity index (χ1v) is 8.01. The zero-order valence-corrected chi connectivity index (χ0v) is 14.0. The van der Waals surface area contributed by atoms with Crippen LogP contribution in [0.2, 0.25) is 0 Å². The monoisotopic (exact) mass is 331 g/mol. The van der Waals surface area contributed by atoms with E-state index in [1.54, 1.807) is 12.1 Å². The number of aromatic nitrogens is 1. The number of morpholine rings is 1. The maximum Gasteiger partial charge on any atom is 0.169 e. The molecular weight excluding hydrogens is 309 g/mol. The van der Waals surface area contributed by atoms with Crippen LogP contribution in [0.25, 0.3) is 0 Å². The summed E-state index contributed by atoms with van der Waals surface area (Å²) in [5, 5.41) is 3.03. The average molecular weight is 331 g/mol. The molecule has 1 aliphatic rings. The highest BCUT2D eigenvalue weighted by molar-refractivity contribution is 5.35. The minimum Gasteiger partial charge on any atom is -0.494 e. The van der Waals surface area contributed by atoms with Crippen molar-refractivity contribution in [3.63, 3.8) is 0 Å². The number of ether oxygens (including phenoxy) is 2. The normalized spacial score (nSPS) is 18.4. The largest absolute Gasteiger partial charge is 0.494 e. The van der Waals surface area contributed by atoms with Crippen molar-refractivity contribution in [1.82, 2.24) is 9.88 Å². The summed E-state index contributed by atoms with van der Waals surface area (Å²) in [5.41, 5.74) is 1.52. The van der Waals surface area contributed by atoms with E-state index in [2.05, 4.69) is 15.2 Å². The number of hydrogen-bond donors (Lipinski definition) is 1. The van der Waals surface area contributed by atoms with E-state index in [9.17, 15) is 4.39 Å². The van der Waals surface area contributed by atoms with Gasteiger partial charge in [-0.1, -0.05) is 18.2 Å². The molecule has 5 nitrogen and oxygen atoms in total. The maximum atomic E-state index is 14.3. The van der Waals surface area contributed by atoms with Crippen LogP contribution >= 0.6 is 0 Å². The molecule has 0 bridgehead atoms. The van der Waals surface area contributed by atoms with E-state index >= 15 is 0 Å². The minimum absolute atomic E-state index is 0.110. The van der Waals surface area contributed by atoms with E-state index in [1.165, 1.54) is 7.11 Å². The molecule has 6 heteroatoms. The fraction of sp³-hybridized carbons (Fsp3) is 0.389. The van der Waals surface area contributed by atoms with Gasteiger partial charge in [-0.05, 0) is 18.2 Å². The molecule has 0 aliphatic carbocycles. The predicted molar refractivity (Wildman–Crippen MR) is 90.7 cm³/mol. The Hall–Kier alpha value is -2.18. The highest BCUT2D eigenvalue weighted by Crippen LogP contribution is 2.25. The number of anilines is 1. The summed E-state index contributed by atoms with van der Waals surface area (Å²) in [5.74, 6) is 0.797. The van der Waals surface area contributed by atoms with E-state index in [0.29, 0.717) is 25.3 Å². The van der Waals surface area contributed by atoms with Crippen molar-refractivity contribution in [2.45, 2.75) is 12.6 Å². The Morgan fingerprint density at radius 2 is 2.17 bits per heavy atom. The van der Waals surface area contributed by atoms with Gasteiger partial charge in [-0.2, -0.15) is 0 Å². The molecule has 1 saturated heterocycles. The van der Waals surface area contributed by atoms with Crippen molar-refractivity contribution in [1.29, 1.82) is 0 Å². The van der Waals surface area contributed by atoms with Crippen molar-refractivity contribution in [3.05, 3.63) is 53.5 Å². The topological polar surface area (TPSA) is 46.6 Å². The van der Waals surface area contributed by atoms with Gasteiger partial charge in [0.1, 0.15) is 11.9 Å². The van der Waals surface area contributed by atoms with E-state index in [-0.39, 0.29) is 17.7 Å². The second kappa shape index (κ2) is 7.59. The molecule has 2 heterocycles. The van der Waals surface area contributed by atoms with Crippen LogP contribution in [0.5, 0.6) is 5.75 Å². The molecule has 0 radical (unpaired) electrons. The van der Waals surface area contributed by atoms with Crippen molar-refractivity contribution in [3.8, 4) is 5.75 Å². The number of rotatable bonds is 5. The average Bonchev–Trinajstić information content (AvgIpc) is 2.64. The smallest absolute Gasteiger partial charge is 0.169 e. The zero-order chi connectivity index (χ0) is 16.9. The first-order chi connectivity index (χ1) is 11.7. The second-order valence-electron chi connectivity index (χ2n) is 5.73. The highest BCUT2D eigenvalue weighted by atomic mass is 19.1. The van der Waals surface area contributed by atoms with Crippen LogP contribution in [0, 0.1) is 5.82 Å². The van der Waals surface area contributed by atoms with E-state index in [0.717, 1.165) is 18.1 Å². The molecular formula is C18H22FN3O2. The maximum absolute atomic E-state index is 14.3. The van der Waals surface area contributed by atoms with Gasteiger partial charge in [-0.15, -0.1) is 0 Å². The fourth-order valence-corrected chi connectivity index (χ4v) is 2.87. The molecule has 1 aliphatic heterocycles. The highest BCUT2D eigenvalue weighted by Gasteiger charge is 2.24. The number of methoxy groups -OCH3 is 1. The molecule has 1 atom stereocenters. The van der Waals surface area contributed by atoms with Gasteiger partial charge in [0.2, 0.25) is 0 Å². The molecule has 1 aromatic carbocycles. The van der Waals surface area contributed by atoms with E-state index in [4.69, 9.17) is 9.47 Å². The summed E-state index contributed by atoms with van der Waals surface area (Å²) in [4.78, 5) is 6.72. The summed E-state index contributed by atoms with van der Waals surface area (Å²) in [6.07, 6.45) is -0.110. The molecule has 0 saturated carbocycles. The van der Waals surface area contributed by atoms with Crippen LogP contribution < -0.4 is 10.1 Å². The van der Waals surface area contributed by atoms with Gasteiger partial charge >= 0.3 is 0 Å². The lowest BCUT2D eigenvalue weighted by Gasteiger charge is -2.32. The van der Waals surface area contributed by atoms with Gasteiger partial charge in [0.05, 0.1) is 19.4 Å². The Morgan fingerprint density at radius 1 is 1.33 bits per heavy atom. The molecule has 0 spiro atoms. The SMILES string of the molecule is CNc1cccc(C2CN(Cc3cccc(OC)c3F)CCO2)n1. The lowest BCUT2D eigenvalue weighted by molar-refractivity contribution is -0.0352. The quantitative estimate of drug-likeness (QED) is 0.913. The Bertz CT molecular complexity index is 696. The number of benzene rings is 1. The number of nitrogens with zero attached hydrogens (tertiary/aromatic N) is 2. The lowest BCUT2D eigenvalue weighted by atomic mass is 10.1. The van der Waals surface area contributed by atoms with Crippen molar-refractivity contribution in [2.75, 3.05) is 39.2 Å². The van der Waals surface area contributed by atoms with E-state index < -0.39 is 0 Å². The first-order valence-electron chi connectivity index (χ1n) is 8.01. The molecule has 3 rings (SSSR count). The third-order valence-electron chi connectivity index (χ3n) is 4.16. The fourth-order valence-electron chi connectivity index (χ4n) is 2.87. The van der Waals surface area contributed by atoms with Crippen LogP contribution in [0.3, 0.4) is 0 Å². The molecule has 128 valence electrons. The first kappa shape index (κ1) is 16.7. The third-order valence-corrected chi connectivity index (χ3v) is 4.16. The summed E-state index contributed by atoms with van der Waals surface area (Å²) >= 11 is 0. The Morgan fingerprint density at radius 3 is 2.96 bits per heavy atom. The Labute approximate surface area is 141 Å². The van der Waals surface area contributed by atoms with Crippen LogP contribution in [0.4, 0.5) is 10.2 Å². The minimum atomic E-state index is -0.293. The molecule has 0 amide bonds. The van der Waals surface area contributed by atoms with Crippen molar-refractivity contribution < 1.29 is 13.9 Å². The van der Waals surface area contributed by atoms with Gasteiger partial charge in [-0.3, -0.25) is 4.90 Å². The summed E-state index contributed by atoms with van der Waals surface area (Å²) in [6, 6.07) is 11.1. The molecule has 2 aromatic rings. The Balaban J connectivity index is 1.72. The predicted octanol–water partition coefficient (Wildman–Crippen LogP) is 2.84. The molecule has 1 N–H and O–H groups in total. The van der Waals surface area contributed by atoms with Gasteiger partial charge in [0.15, 0.2) is 11.6 Å². The summed E-state index contributed by atoms with van der Waals surface area (Å²) < 4.78 is 25.3. The number of hydrogen-bond acceptors (Lipinski definition) is 5. The number of pyridine rings is 1.